The van der Waals surface area contributed by atoms with Gasteiger partial charge in [0.05, 0.1) is 5.56 Å². The smallest absolute Gasteiger partial charge is 0.258 e. The maximum absolute atomic E-state index is 12.1. The van der Waals surface area contributed by atoms with Gasteiger partial charge in [-0.05, 0) is 18.6 Å². The number of para-hydroxylation sites is 1. The average molecular weight is 297 g/mol. The summed E-state index contributed by atoms with van der Waals surface area (Å²) in [7, 11) is 0. The minimum Gasteiger partial charge on any atom is -0.398 e. The van der Waals surface area contributed by atoms with Crippen LogP contribution in [-0.2, 0) is 0 Å². The van der Waals surface area contributed by atoms with E-state index in [1.54, 1.807) is 12.1 Å². The van der Waals surface area contributed by atoms with Crippen molar-refractivity contribution < 1.29 is 4.79 Å². The van der Waals surface area contributed by atoms with Gasteiger partial charge in [0, 0.05) is 5.69 Å². The number of nitrogens with one attached hydrogen (secondary N) is 1. The number of hydrogen-bond donors (Lipinski definition) is 2. The molecule has 2 rings (SSSR count). The number of nitrogens with two attached hydrogens (primary N) is 1. The second-order valence-corrected chi connectivity index (χ2v) is 4.55. The molecule has 0 fully saturated rings. The van der Waals surface area contributed by atoms with E-state index < -0.39 is 5.91 Å². The lowest BCUT2D eigenvalue weighted by Gasteiger charge is -2.09. The minimum atomic E-state index is -0.405. The maximum Gasteiger partial charge on any atom is 0.258 e. The Balaban J connectivity index is 2.31. The molecule has 5 nitrogen and oxygen atoms in total. The van der Waals surface area contributed by atoms with Crippen molar-refractivity contribution in [2.24, 2.45) is 0 Å². The first-order valence-electron chi connectivity index (χ1n) is 5.33. The minimum absolute atomic E-state index is 0.0733. The van der Waals surface area contributed by atoms with Crippen LogP contribution in [-0.4, -0.2) is 15.9 Å². The Morgan fingerprint density at radius 1 is 1.32 bits per heavy atom. The summed E-state index contributed by atoms with van der Waals surface area (Å²) in [5, 5.41) is 2.71. The predicted octanol–water partition coefficient (Wildman–Crippen LogP) is 2.93. The Bertz CT molecular complexity index is 646. The highest BCUT2D eigenvalue weighted by Gasteiger charge is 2.14. The predicted molar refractivity (Wildman–Crippen MR) is 75.6 cm³/mol. The summed E-state index contributed by atoms with van der Waals surface area (Å²) in [5.74, 6) is -0.259. The molecule has 1 aromatic heterocycles. The van der Waals surface area contributed by atoms with Crippen molar-refractivity contribution in [1.82, 2.24) is 9.97 Å². The summed E-state index contributed by atoms with van der Waals surface area (Å²) in [5.41, 5.74) is 7.44. The number of nitrogens with zero attached hydrogens (tertiary/aromatic N) is 2. The maximum atomic E-state index is 12.1. The van der Waals surface area contributed by atoms with Gasteiger partial charge in [-0.1, -0.05) is 35.3 Å². The standard InChI is InChI=1S/C12H10Cl2N4O/c1-6-3-2-4-7(9(6)15)12(19)18-11-8(13)10(14)16-5-17-11/h2-5H,15H2,1H3,(H,16,17,18,19). The summed E-state index contributed by atoms with van der Waals surface area (Å²) >= 11 is 11.6. The van der Waals surface area contributed by atoms with Gasteiger partial charge in [-0.25, -0.2) is 9.97 Å². The van der Waals surface area contributed by atoms with Crippen LogP contribution in [0.1, 0.15) is 15.9 Å². The number of rotatable bonds is 2. The normalized spacial score (nSPS) is 10.3. The third-order valence-corrected chi connectivity index (χ3v) is 3.29. The van der Waals surface area contributed by atoms with Crippen LogP contribution in [0.4, 0.5) is 11.5 Å². The zero-order chi connectivity index (χ0) is 14.0. The number of nitrogen functional groups attached to an aromatic ring is 1. The van der Waals surface area contributed by atoms with Crippen LogP contribution < -0.4 is 11.1 Å². The van der Waals surface area contributed by atoms with E-state index in [4.69, 9.17) is 28.9 Å². The number of aromatic nitrogens is 2. The van der Waals surface area contributed by atoms with Gasteiger partial charge in [-0.2, -0.15) is 0 Å². The number of hydrogen-bond acceptors (Lipinski definition) is 4. The summed E-state index contributed by atoms with van der Waals surface area (Å²) in [6.07, 6.45) is 1.21. The molecule has 0 spiro atoms. The second-order valence-electron chi connectivity index (χ2n) is 3.82. The van der Waals surface area contributed by atoms with E-state index in [1.165, 1.54) is 6.33 Å². The van der Waals surface area contributed by atoms with Crippen LogP contribution in [0.25, 0.3) is 0 Å². The topological polar surface area (TPSA) is 80.9 Å². The lowest BCUT2D eigenvalue weighted by Crippen LogP contribution is -2.16. The third-order valence-electron chi connectivity index (χ3n) is 2.55. The molecule has 0 aliphatic heterocycles. The van der Waals surface area contributed by atoms with Gasteiger partial charge in [-0.3, -0.25) is 4.79 Å². The highest BCUT2D eigenvalue weighted by atomic mass is 35.5. The van der Waals surface area contributed by atoms with Gasteiger partial charge in [0.1, 0.15) is 11.3 Å². The molecule has 0 atom stereocenters. The Morgan fingerprint density at radius 3 is 2.79 bits per heavy atom. The number of carbonyl (C=O) groups excluding carboxylic acids is 1. The van der Waals surface area contributed by atoms with Gasteiger partial charge >= 0.3 is 0 Å². The number of carbonyl (C=O) groups is 1. The average Bonchev–Trinajstić information content (AvgIpc) is 2.38. The molecule has 1 heterocycles. The van der Waals surface area contributed by atoms with E-state index in [1.807, 2.05) is 13.0 Å². The largest absolute Gasteiger partial charge is 0.398 e. The molecule has 0 bridgehead atoms. The first-order chi connectivity index (χ1) is 9.00. The Hall–Kier alpha value is -1.85. The van der Waals surface area contributed by atoms with Gasteiger partial charge < -0.3 is 11.1 Å². The van der Waals surface area contributed by atoms with Gasteiger partial charge in [0.2, 0.25) is 0 Å². The van der Waals surface area contributed by atoms with Crippen LogP contribution in [0.5, 0.6) is 0 Å². The number of benzene rings is 1. The highest BCUT2D eigenvalue weighted by Crippen LogP contribution is 2.26. The zero-order valence-electron chi connectivity index (χ0n) is 9.95. The molecule has 0 saturated heterocycles. The molecule has 0 saturated carbocycles. The van der Waals surface area contributed by atoms with Crippen molar-refractivity contribution in [1.29, 1.82) is 0 Å². The zero-order valence-corrected chi connectivity index (χ0v) is 11.5. The molecule has 19 heavy (non-hydrogen) atoms. The molecule has 0 aliphatic rings. The number of aryl methyl sites for hydroxylation is 1. The molecule has 1 aromatic carbocycles. The quantitative estimate of drug-likeness (QED) is 0.659. The lowest BCUT2D eigenvalue weighted by atomic mass is 10.1. The lowest BCUT2D eigenvalue weighted by molar-refractivity contribution is 0.102. The van der Waals surface area contributed by atoms with Crippen molar-refractivity contribution in [2.75, 3.05) is 11.1 Å². The summed E-state index contributed by atoms with van der Waals surface area (Å²) < 4.78 is 0. The second kappa shape index (κ2) is 5.42. The van der Waals surface area contributed by atoms with Crippen LogP contribution in [0, 0.1) is 6.92 Å². The van der Waals surface area contributed by atoms with Crippen LogP contribution in [0.2, 0.25) is 10.2 Å². The number of amides is 1. The van der Waals surface area contributed by atoms with Crippen molar-refractivity contribution in [2.45, 2.75) is 6.92 Å². The Morgan fingerprint density at radius 2 is 2.05 bits per heavy atom. The molecular weight excluding hydrogens is 287 g/mol. The highest BCUT2D eigenvalue weighted by molar-refractivity contribution is 6.43. The van der Waals surface area contributed by atoms with Crippen molar-refractivity contribution >= 4 is 40.6 Å². The van der Waals surface area contributed by atoms with Crippen molar-refractivity contribution in [3.63, 3.8) is 0 Å². The van der Waals surface area contributed by atoms with E-state index in [0.29, 0.717) is 11.3 Å². The first-order valence-corrected chi connectivity index (χ1v) is 6.08. The number of anilines is 2. The van der Waals surface area contributed by atoms with E-state index in [9.17, 15) is 4.79 Å². The molecular formula is C12H10Cl2N4O. The van der Waals surface area contributed by atoms with E-state index in [-0.39, 0.29) is 16.0 Å². The molecule has 0 aliphatic carbocycles. The third kappa shape index (κ3) is 2.77. The Labute approximate surface area is 119 Å². The molecule has 0 unspecified atom stereocenters. The first kappa shape index (κ1) is 13.6. The summed E-state index contributed by atoms with van der Waals surface area (Å²) in [4.78, 5) is 19.7. The molecule has 2 aromatic rings. The van der Waals surface area contributed by atoms with Crippen LogP contribution >= 0.6 is 23.2 Å². The van der Waals surface area contributed by atoms with E-state index in [2.05, 4.69) is 15.3 Å². The molecule has 3 N–H and O–H groups in total. The van der Waals surface area contributed by atoms with E-state index >= 15 is 0 Å². The fourth-order valence-electron chi connectivity index (χ4n) is 1.49. The fraction of sp³-hybridized carbons (Fsp3) is 0.0833. The van der Waals surface area contributed by atoms with Crippen LogP contribution in [0.3, 0.4) is 0 Å². The SMILES string of the molecule is Cc1cccc(C(=O)Nc2ncnc(Cl)c2Cl)c1N. The molecule has 0 radical (unpaired) electrons. The molecule has 7 heteroatoms. The van der Waals surface area contributed by atoms with Crippen molar-refractivity contribution in [3.8, 4) is 0 Å². The van der Waals surface area contributed by atoms with Crippen molar-refractivity contribution in [3.05, 3.63) is 45.8 Å². The monoisotopic (exact) mass is 296 g/mol. The fourth-order valence-corrected chi connectivity index (χ4v) is 1.77. The number of halogens is 2. The molecule has 98 valence electrons. The van der Waals surface area contributed by atoms with Gasteiger partial charge in [0.25, 0.3) is 5.91 Å². The Kier molecular flexibility index (Phi) is 3.87. The van der Waals surface area contributed by atoms with Gasteiger partial charge in [-0.15, -0.1) is 0 Å². The summed E-state index contributed by atoms with van der Waals surface area (Å²) in [6, 6.07) is 5.18. The summed E-state index contributed by atoms with van der Waals surface area (Å²) in [6.45, 7) is 1.82. The molecule has 1 amide bonds. The van der Waals surface area contributed by atoms with E-state index in [0.717, 1.165) is 5.56 Å². The van der Waals surface area contributed by atoms with Gasteiger partial charge in [0.15, 0.2) is 11.0 Å². The van der Waals surface area contributed by atoms with Crippen LogP contribution in [0.15, 0.2) is 24.5 Å².